The fourth-order valence-electron chi connectivity index (χ4n) is 12.1. The highest BCUT2D eigenvalue weighted by Crippen LogP contribution is 2.33. The van der Waals surface area contributed by atoms with Gasteiger partial charge in [0.05, 0.1) is 38.6 Å². The van der Waals surface area contributed by atoms with E-state index in [1.54, 1.807) is 6.08 Å². The summed E-state index contributed by atoms with van der Waals surface area (Å²) >= 11 is 0. The second kappa shape index (κ2) is 52.3. The van der Waals surface area contributed by atoms with Crippen LogP contribution >= 0.6 is 0 Å². The lowest BCUT2D eigenvalue weighted by Gasteiger charge is -2.48. The fraction of sp³-hybridized carbons (Fsp3) is 0.900. The summed E-state index contributed by atoms with van der Waals surface area (Å²) in [4.78, 5) is 13.4. The molecule has 522 valence electrons. The third kappa shape index (κ3) is 34.3. The van der Waals surface area contributed by atoms with Crippen molar-refractivity contribution in [3.63, 3.8) is 0 Å². The van der Waals surface area contributed by atoms with E-state index in [0.717, 1.165) is 51.4 Å². The summed E-state index contributed by atoms with van der Waals surface area (Å²) in [5, 5.41) is 120. The second-order valence-electron chi connectivity index (χ2n) is 25.7. The predicted octanol–water partition coefficient (Wildman–Crippen LogP) is 9.61. The third-order valence-corrected chi connectivity index (χ3v) is 17.9. The van der Waals surface area contributed by atoms with Crippen LogP contribution in [0.4, 0.5) is 0 Å². The number of aliphatic hydroxyl groups excluding tert-OH is 11. The van der Waals surface area contributed by atoms with Crippen molar-refractivity contribution in [1.82, 2.24) is 5.32 Å². The first-order valence-electron chi connectivity index (χ1n) is 35.7. The van der Waals surface area contributed by atoms with Crippen LogP contribution in [0.3, 0.4) is 0 Å². The number of amides is 1. The van der Waals surface area contributed by atoms with E-state index in [1.165, 1.54) is 193 Å². The first-order valence-corrected chi connectivity index (χ1v) is 35.7. The lowest BCUT2D eigenvalue weighted by atomic mass is 9.96. The lowest BCUT2D eigenvalue weighted by Crippen LogP contribution is -2.66. The highest BCUT2D eigenvalue weighted by molar-refractivity contribution is 5.76. The molecule has 0 aromatic carbocycles. The van der Waals surface area contributed by atoms with Crippen LogP contribution < -0.4 is 5.32 Å². The Morgan fingerprint density at radius 3 is 1.15 bits per heavy atom. The van der Waals surface area contributed by atoms with Crippen LogP contribution in [-0.2, 0) is 33.2 Å². The molecule has 17 atom stereocenters. The SMILES string of the molecule is CCCCCCC/C=C\C/C=C\CCCCCCCCCCCCCCCCCCCCCC(=O)NC(COC1OC(CO)C(OC2OC(CO)C(OC3OC(CO)C(O)C(O)C3O)C(O)C2O)C(O)C1O)C(O)/C=C/CCCCCCCCCCCCC. The Balaban J connectivity index is 1.36. The molecule has 0 aromatic heterocycles. The van der Waals surface area contributed by atoms with Gasteiger partial charge in [-0.2, -0.15) is 0 Å². The molecule has 3 saturated heterocycles. The quantitative estimate of drug-likeness (QED) is 0.0199. The lowest BCUT2D eigenvalue weighted by molar-refractivity contribution is -0.379. The molecule has 1 amide bonds. The van der Waals surface area contributed by atoms with E-state index in [-0.39, 0.29) is 18.9 Å². The van der Waals surface area contributed by atoms with E-state index >= 15 is 0 Å². The molecular weight excluding hydrogens is 1140 g/mol. The van der Waals surface area contributed by atoms with Gasteiger partial charge in [-0.25, -0.2) is 0 Å². The van der Waals surface area contributed by atoms with Crippen molar-refractivity contribution in [2.75, 3.05) is 26.4 Å². The van der Waals surface area contributed by atoms with Gasteiger partial charge in [-0.1, -0.05) is 249 Å². The normalized spacial score (nSPS) is 28.4. The first kappa shape index (κ1) is 81.2. The van der Waals surface area contributed by atoms with Gasteiger partial charge in [-0.05, 0) is 51.4 Å². The Labute approximate surface area is 536 Å². The molecule has 3 aliphatic heterocycles. The molecule has 3 aliphatic rings. The molecule has 0 saturated carbocycles. The van der Waals surface area contributed by atoms with E-state index in [2.05, 4.69) is 43.5 Å². The van der Waals surface area contributed by atoms with Crippen molar-refractivity contribution >= 4 is 5.91 Å². The van der Waals surface area contributed by atoms with Crippen LogP contribution in [0.2, 0.25) is 0 Å². The summed E-state index contributed by atoms with van der Waals surface area (Å²) in [5.41, 5.74) is 0. The van der Waals surface area contributed by atoms with Gasteiger partial charge in [0.2, 0.25) is 5.91 Å². The molecule has 0 bridgehead atoms. The van der Waals surface area contributed by atoms with Crippen molar-refractivity contribution in [2.24, 2.45) is 0 Å². The maximum Gasteiger partial charge on any atom is 0.220 e. The first-order chi connectivity index (χ1) is 43.3. The summed E-state index contributed by atoms with van der Waals surface area (Å²) in [6.07, 6.45) is 34.2. The van der Waals surface area contributed by atoms with Crippen molar-refractivity contribution in [3.8, 4) is 0 Å². The fourth-order valence-corrected chi connectivity index (χ4v) is 12.1. The number of allylic oxidation sites excluding steroid dienone is 5. The highest BCUT2D eigenvalue weighted by atomic mass is 16.8. The van der Waals surface area contributed by atoms with Gasteiger partial charge in [-0.15, -0.1) is 0 Å². The summed E-state index contributed by atoms with van der Waals surface area (Å²) in [5.74, 6) is -0.273. The van der Waals surface area contributed by atoms with Crippen molar-refractivity contribution in [1.29, 1.82) is 0 Å². The number of carbonyl (C=O) groups excluding carboxylic acids is 1. The number of hydrogen-bond donors (Lipinski definition) is 12. The summed E-state index contributed by atoms with van der Waals surface area (Å²) < 4.78 is 34.3. The third-order valence-electron chi connectivity index (χ3n) is 17.9. The topological polar surface area (TPSA) is 307 Å². The zero-order chi connectivity index (χ0) is 64.7. The Hall–Kier alpha value is -1.99. The summed E-state index contributed by atoms with van der Waals surface area (Å²) in [6.45, 7) is 1.73. The number of nitrogens with one attached hydrogen (secondary N) is 1. The monoisotopic (exact) mass is 1270 g/mol. The van der Waals surface area contributed by atoms with Crippen LogP contribution in [0.1, 0.15) is 271 Å². The molecule has 0 radical (unpaired) electrons. The van der Waals surface area contributed by atoms with E-state index in [4.69, 9.17) is 28.4 Å². The van der Waals surface area contributed by atoms with Crippen LogP contribution in [0.15, 0.2) is 36.5 Å². The molecule has 89 heavy (non-hydrogen) atoms. The Morgan fingerprint density at radius 1 is 0.404 bits per heavy atom. The minimum Gasteiger partial charge on any atom is -0.394 e. The van der Waals surface area contributed by atoms with Crippen LogP contribution in [-0.4, -0.2) is 193 Å². The van der Waals surface area contributed by atoms with Crippen molar-refractivity contribution in [3.05, 3.63) is 36.5 Å². The Kier molecular flexibility index (Phi) is 47.7. The van der Waals surface area contributed by atoms with E-state index in [1.807, 2.05) is 6.08 Å². The minimum atomic E-state index is -1.98. The van der Waals surface area contributed by atoms with Crippen LogP contribution in [0.5, 0.6) is 0 Å². The highest BCUT2D eigenvalue weighted by Gasteiger charge is 2.53. The molecule has 0 aromatic rings. The van der Waals surface area contributed by atoms with Gasteiger partial charge in [0, 0.05) is 6.42 Å². The summed E-state index contributed by atoms with van der Waals surface area (Å²) in [6, 6.07) is -0.971. The Morgan fingerprint density at radius 2 is 0.742 bits per heavy atom. The van der Waals surface area contributed by atoms with Gasteiger partial charge in [0.25, 0.3) is 0 Å². The standard InChI is InChI=1S/C70H129NO18/c1-3-5-7-9-11-13-15-17-18-19-20-21-22-23-24-25-26-27-28-29-30-31-32-33-34-36-38-40-42-44-46-48-58(76)71-53(54(75)47-45-43-41-39-37-35-16-14-12-10-8-6-4-2)52-84-68-64(82)61(79)66(56(50-73)86-68)89-70-65(83)62(80)67(57(51-74)87-70)88-69-63(81)60(78)59(77)55(49-72)85-69/h15,17,19-20,45,47,53-57,59-70,72-75,77-83H,3-14,16,18,21-44,46,48-52H2,1-2H3,(H,71,76)/b17-15-,20-19-,47-45+. The second-order valence-corrected chi connectivity index (χ2v) is 25.7. The molecule has 3 fully saturated rings. The molecule has 19 nitrogen and oxygen atoms in total. The molecule has 19 heteroatoms. The Bertz CT molecular complexity index is 1760. The molecule has 17 unspecified atom stereocenters. The molecular formula is C70H129NO18. The maximum absolute atomic E-state index is 13.4. The van der Waals surface area contributed by atoms with Crippen molar-refractivity contribution in [2.45, 2.75) is 375 Å². The molecule has 12 N–H and O–H groups in total. The number of rotatable bonds is 55. The molecule has 3 heterocycles. The van der Waals surface area contributed by atoms with E-state index < -0.39 is 124 Å². The van der Waals surface area contributed by atoms with Gasteiger partial charge in [0.15, 0.2) is 18.9 Å². The smallest absolute Gasteiger partial charge is 0.220 e. The number of aliphatic hydroxyl groups is 11. The zero-order valence-electron chi connectivity index (χ0n) is 55.2. The predicted molar refractivity (Wildman–Crippen MR) is 346 cm³/mol. The van der Waals surface area contributed by atoms with E-state index in [9.17, 15) is 61.0 Å². The van der Waals surface area contributed by atoms with Crippen LogP contribution in [0.25, 0.3) is 0 Å². The van der Waals surface area contributed by atoms with Crippen molar-refractivity contribution < 1.29 is 89.4 Å². The molecule has 0 aliphatic carbocycles. The van der Waals surface area contributed by atoms with Gasteiger partial charge in [-0.3, -0.25) is 4.79 Å². The number of carbonyl (C=O) groups is 1. The van der Waals surface area contributed by atoms with E-state index in [0.29, 0.717) is 6.42 Å². The average Bonchev–Trinajstić information content (AvgIpc) is 1.92. The molecule has 0 spiro atoms. The van der Waals surface area contributed by atoms with Crippen LogP contribution in [0, 0.1) is 0 Å². The zero-order valence-corrected chi connectivity index (χ0v) is 55.2. The van der Waals surface area contributed by atoms with Gasteiger partial charge in [0.1, 0.15) is 73.2 Å². The minimum absolute atomic E-state index is 0.246. The summed E-state index contributed by atoms with van der Waals surface area (Å²) in [7, 11) is 0. The maximum atomic E-state index is 13.4. The largest absolute Gasteiger partial charge is 0.394 e. The number of unbranched alkanes of at least 4 members (excludes halogenated alkanes) is 35. The number of hydrogen-bond acceptors (Lipinski definition) is 18. The number of ether oxygens (including phenoxy) is 6. The molecule has 3 rings (SSSR count). The average molecular weight is 1270 g/mol. The van der Waals surface area contributed by atoms with Gasteiger partial charge >= 0.3 is 0 Å². The van der Waals surface area contributed by atoms with Gasteiger partial charge < -0.3 is 89.9 Å².